The van der Waals surface area contributed by atoms with Crippen molar-refractivity contribution in [2.24, 2.45) is 11.7 Å². The topological polar surface area (TPSA) is 26.0 Å². The maximum atomic E-state index is 6.10. The Labute approximate surface area is 85.0 Å². The van der Waals surface area contributed by atoms with Gasteiger partial charge in [-0.15, -0.1) is 0 Å². The van der Waals surface area contributed by atoms with Gasteiger partial charge in [0.1, 0.15) is 0 Å². The summed E-state index contributed by atoms with van der Waals surface area (Å²) in [5.41, 5.74) is 7.40. The van der Waals surface area contributed by atoms with Crippen molar-refractivity contribution in [2.45, 2.75) is 39.2 Å². The van der Waals surface area contributed by atoms with Crippen molar-refractivity contribution in [1.82, 2.24) is 0 Å². The number of hydrogen-bond acceptors (Lipinski definition) is 2. The predicted octanol–water partition coefficient (Wildman–Crippen LogP) is 3.57. The number of nitrogens with two attached hydrogens (primary N) is 1. The molecule has 0 aromatic carbocycles. The first-order chi connectivity index (χ1) is 6.27. The molecule has 2 N–H and O–H groups in total. The van der Waals surface area contributed by atoms with E-state index in [1.165, 1.54) is 18.4 Å². The SMILES string of the molecule is CCC(CC)C[C@H](N)c1ccsc1. The van der Waals surface area contributed by atoms with Gasteiger partial charge in [0, 0.05) is 6.04 Å². The first kappa shape index (κ1) is 10.7. The number of rotatable bonds is 5. The van der Waals surface area contributed by atoms with E-state index in [1.54, 1.807) is 11.3 Å². The van der Waals surface area contributed by atoms with E-state index in [4.69, 9.17) is 5.73 Å². The van der Waals surface area contributed by atoms with E-state index in [0.29, 0.717) is 0 Å². The maximum Gasteiger partial charge on any atom is 0.0305 e. The fraction of sp³-hybridized carbons (Fsp3) is 0.636. The average molecular weight is 197 g/mol. The second-order valence-corrected chi connectivity index (χ2v) is 4.36. The number of thiophene rings is 1. The summed E-state index contributed by atoms with van der Waals surface area (Å²) < 4.78 is 0. The van der Waals surface area contributed by atoms with Crippen molar-refractivity contribution >= 4 is 11.3 Å². The van der Waals surface area contributed by atoms with Crippen LogP contribution < -0.4 is 5.73 Å². The van der Waals surface area contributed by atoms with Crippen molar-refractivity contribution in [1.29, 1.82) is 0 Å². The zero-order valence-electron chi connectivity index (χ0n) is 8.49. The normalized spacial score (nSPS) is 13.5. The lowest BCUT2D eigenvalue weighted by Gasteiger charge is -2.17. The molecule has 0 saturated heterocycles. The summed E-state index contributed by atoms with van der Waals surface area (Å²) in [6.45, 7) is 4.49. The summed E-state index contributed by atoms with van der Waals surface area (Å²) in [4.78, 5) is 0. The highest BCUT2D eigenvalue weighted by Gasteiger charge is 2.11. The van der Waals surface area contributed by atoms with Gasteiger partial charge in [0.2, 0.25) is 0 Å². The van der Waals surface area contributed by atoms with Crippen LogP contribution in [0.1, 0.15) is 44.7 Å². The molecule has 0 aliphatic rings. The van der Waals surface area contributed by atoms with Crippen LogP contribution in [-0.4, -0.2) is 0 Å². The zero-order chi connectivity index (χ0) is 9.68. The Morgan fingerprint density at radius 2 is 2.08 bits per heavy atom. The summed E-state index contributed by atoms with van der Waals surface area (Å²) in [6, 6.07) is 2.38. The van der Waals surface area contributed by atoms with E-state index in [0.717, 1.165) is 12.3 Å². The molecule has 0 spiro atoms. The van der Waals surface area contributed by atoms with Crippen molar-refractivity contribution in [3.63, 3.8) is 0 Å². The minimum atomic E-state index is 0.246. The van der Waals surface area contributed by atoms with Gasteiger partial charge in [-0.3, -0.25) is 0 Å². The summed E-state index contributed by atoms with van der Waals surface area (Å²) in [5.74, 6) is 0.787. The van der Waals surface area contributed by atoms with Crippen LogP contribution in [0.2, 0.25) is 0 Å². The van der Waals surface area contributed by atoms with E-state index in [2.05, 4.69) is 30.7 Å². The Balaban J connectivity index is 2.45. The van der Waals surface area contributed by atoms with Crippen LogP contribution in [0.4, 0.5) is 0 Å². The molecular formula is C11H19NS. The minimum absolute atomic E-state index is 0.246. The van der Waals surface area contributed by atoms with Gasteiger partial charge in [-0.1, -0.05) is 26.7 Å². The third-order valence-electron chi connectivity index (χ3n) is 2.71. The van der Waals surface area contributed by atoms with Gasteiger partial charge in [0.15, 0.2) is 0 Å². The van der Waals surface area contributed by atoms with Crippen LogP contribution in [0.5, 0.6) is 0 Å². The molecule has 0 amide bonds. The smallest absolute Gasteiger partial charge is 0.0305 e. The molecule has 1 aromatic rings. The molecule has 2 heteroatoms. The van der Waals surface area contributed by atoms with Gasteiger partial charge in [-0.2, -0.15) is 11.3 Å². The molecule has 0 unspecified atom stereocenters. The van der Waals surface area contributed by atoms with Gasteiger partial charge in [-0.05, 0) is 34.7 Å². The molecule has 0 fully saturated rings. The summed E-state index contributed by atoms with van der Waals surface area (Å²) in [6.07, 6.45) is 3.62. The van der Waals surface area contributed by atoms with Crippen LogP contribution >= 0.6 is 11.3 Å². The largest absolute Gasteiger partial charge is 0.324 e. The van der Waals surface area contributed by atoms with Crippen LogP contribution in [0, 0.1) is 5.92 Å². The number of hydrogen-bond donors (Lipinski definition) is 1. The van der Waals surface area contributed by atoms with Crippen LogP contribution in [-0.2, 0) is 0 Å². The van der Waals surface area contributed by atoms with Crippen LogP contribution in [0.15, 0.2) is 16.8 Å². The highest BCUT2D eigenvalue weighted by atomic mass is 32.1. The maximum absolute atomic E-state index is 6.10. The first-order valence-electron chi connectivity index (χ1n) is 5.05. The highest BCUT2D eigenvalue weighted by molar-refractivity contribution is 7.07. The Morgan fingerprint density at radius 3 is 2.54 bits per heavy atom. The molecule has 1 rings (SSSR count). The monoisotopic (exact) mass is 197 g/mol. The Kier molecular flexibility index (Phi) is 4.46. The fourth-order valence-corrected chi connectivity index (χ4v) is 2.33. The lowest BCUT2D eigenvalue weighted by Crippen LogP contribution is -2.14. The fourth-order valence-electron chi connectivity index (χ4n) is 1.60. The molecule has 0 aliphatic carbocycles. The average Bonchev–Trinajstić information content (AvgIpc) is 2.66. The van der Waals surface area contributed by atoms with E-state index in [-0.39, 0.29) is 6.04 Å². The van der Waals surface area contributed by atoms with E-state index in [9.17, 15) is 0 Å². The molecule has 1 nitrogen and oxygen atoms in total. The molecule has 74 valence electrons. The standard InChI is InChI=1S/C11H19NS/c1-3-9(4-2)7-11(12)10-5-6-13-8-10/h5-6,8-9,11H,3-4,7,12H2,1-2H3/t11-/m0/s1. The van der Waals surface area contributed by atoms with Gasteiger partial charge in [-0.25, -0.2) is 0 Å². The third-order valence-corrected chi connectivity index (χ3v) is 3.41. The highest BCUT2D eigenvalue weighted by Crippen LogP contribution is 2.24. The van der Waals surface area contributed by atoms with Crippen molar-refractivity contribution in [2.75, 3.05) is 0 Å². The molecular weight excluding hydrogens is 178 g/mol. The second kappa shape index (κ2) is 5.40. The summed E-state index contributed by atoms with van der Waals surface area (Å²) in [5, 5.41) is 4.26. The Hall–Kier alpha value is -0.340. The molecule has 1 atom stereocenters. The van der Waals surface area contributed by atoms with Crippen molar-refractivity contribution < 1.29 is 0 Å². The van der Waals surface area contributed by atoms with Gasteiger partial charge in [0.25, 0.3) is 0 Å². The van der Waals surface area contributed by atoms with Gasteiger partial charge < -0.3 is 5.73 Å². The molecule has 0 saturated carbocycles. The zero-order valence-corrected chi connectivity index (χ0v) is 9.31. The van der Waals surface area contributed by atoms with Crippen LogP contribution in [0.25, 0.3) is 0 Å². The Morgan fingerprint density at radius 1 is 1.38 bits per heavy atom. The second-order valence-electron chi connectivity index (χ2n) is 3.58. The quantitative estimate of drug-likeness (QED) is 0.767. The van der Waals surface area contributed by atoms with Gasteiger partial charge >= 0.3 is 0 Å². The summed E-state index contributed by atoms with van der Waals surface area (Å²) in [7, 11) is 0. The van der Waals surface area contributed by atoms with E-state index in [1.807, 2.05) is 0 Å². The lowest BCUT2D eigenvalue weighted by molar-refractivity contribution is 0.415. The van der Waals surface area contributed by atoms with Crippen LogP contribution in [0.3, 0.4) is 0 Å². The Bertz CT molecular complexity index is 214. The molecule has 0 bridgehead atoms. The molecule has 0 radical (unpaired) electrons. The molecule has 1 aromatic heterocycles. The molecule has 1 heterocycles. The van der Waals surface area contributed by atoms with Crippen molar-refractivity contribution in [3.8, 4) is 0 Å². The summed E-state index contributed by atoms with van der Waals surface area (Å²) >= 11 is 1.73. The first-order valence-corrected chi connectivity index (χ1v) is 5.99. The lowest BCUT2D eigenvalue weighted by atomic mass is 9.93. The molecule has 0 aliphatic heterocycles. The predicted molar refractivity (Wildman–Crippen MR) is 59.9 cm³/mol. The van der Waals surface area contributed by atoms with Crippen molar-refractivity contribution in [3.05, 3.63) is 22.4 Å². The molecule has 13 heavy (non-hydrogen) atoms. The third kappa shape index (κ3) is 3.12. The minimum Gasteiger partial charge on any atom is -0.324 e. The van der Waals surface area contributed by atoms with E-state index < -0.39 is 0 Å². The van der Waals surface area contributed by atoms with Gasteiger partial charge in [0.05, 0.1) is 0 Å². The van der Waals surface area contributed by atoms with E-state index >= 15 is 0 Å².